The highest BCUT2D eigenvalue weighted by Crippen LogP contribution is 2.35. The Hall–Kier alpha value is -2.59. The van der Waals surface area contributed by atoms with E-state index in [9.17, 15) is 4.79 Å². The Morgan fingerprint density at radius 2 is 1.58 bits per heavy atom. The minimum absolute atomic E-state index is 0.00668. The van der Waals surface area contributed by atoms with Crippen molar-refractivity contribution in [1.29, 1.82) is 0 Å². The van der Waals surface area contributed by atoms with E-state index in [-0.39, 0.29) is 18.1 Å². The smallest absolute Gasteiger partial charge is 0.323 e. The second-order valence-electron chi connectivity index (χ2n) is 9.51. The first-order valence-corrected chi connectivity index (χ1v) is 12.8. The summed E-state index contributed by atoms with van der Waals surface area (Å²) in [5, 5.41) is 6.02. The summed E-state index contributed by atoms with van der Waals surface area (Å²) in [7, 11) is 0. The highest BCUT2D eigenvalue weighted by molar-refractivity contribution is 6.31. The lowest BCUT2D eigenvalue weighted by atomic mass is 9.93. The maximum atomic E-state index is 13.8. The molecule has 2 amide bonds. The number of nitrogens with one attached hydrogen (secondary N) is 1. The Balaban J connectivity index is 1.61. The summed E-state index contributed by atoms with van der Waals surface area (Å²) < 4.78 is 0. The fourth-order valence-electron chi connectivity index (χ4n) is 5.41. The van der Waals surface area contributed by atoms with E-state index >= 15 is 0 Å². The lowest BCUT2D eigenvalue weighted by Gasteiger charge is -2.36. The molecule has 0 bridgehead atoms. The number of carbonyl (C=O) groups is 1. The number of hydrogen-bond acceptors (Lipinski definition) is 2. The second kappa shape index (κ2) is 10.1. The summed E-state index contributed by atoms with van der Waals surface area (Å²) in [5.41, 5.74) is 1.93. The first kappa shape index (κ1) is 22.2. The Labute approximate surface area is 201 Å². The number of carbonyl (C=O) groups excluding carboxylic acids is 1. The van der Waals surface area contributed by atoms with Crippen molar-refractivity contribution in [3.63, 3.8) is 0 Å². The van der Waals surface area contributed by atoms with Crippen molar-refractivity contribution in [1.82, 2.24) is 10.3 Å². The zero-order valence-corrected chi connectivity index (χ0v) is 19.9. The fraction of sp³-hybridized carbons (Fsp3) is 0.429. The summed E-state index contributed by atoms with van der Waals surface area (Å²) in [5.74, 6) is 0.731. The van der Waals surface area contributed by atoms with Crippen molar-refractivity contribution >= 4 is 34.2 Å². The zero-order chi connectivity index (χ0) is 22.6. The van der Waals surface area contributed by atoms with E-state index in [0.29, 0.717) is 5.02 Å². The number of amides is 2. The summed E-state index contributed by atoms with van der Waals surface area (Å²) >= 11 is 6.43. The van der Waals surface area contributed by atoms with Crippen LogP contribution >= 0.6 is 11.6 Å². The van der Waals surface area contributed by atoms with Crippen LogP contribution in [-0.4, -0.2) is 23.1 Å². The van der Waals surface area contributed by atoms with Crippen LogP contribution < -0.4 is 10.2 Å². The summed E-state index contributed by atoms with van der Waals surface area (Å²) in [6, 6.07) is 18.6. The standard InChI is InChI=1S/C28H32ClN3O/c29-22-17-16-21-18-26(20-10-4-1-5-11-20)31-27(25(21)19-22)32(24-14-8-3-9-15-24)28(33)30-23-12-6-2-7-13-23/h1,4-5,10-11,16-19,23-24H,2-3,6-9,12-15H2,(H,30,33). The number of rotatable bonds is 4. The van der Waals surface area contributed by atoms with Crippen LogP contribution in [0.15, 0.2) is 54.6 Å². The van der Waals surface area contributed by atoms with Crippen molar-refractivity contribution in [3.05, 3.63) is 59.6 Å². The van der Waals surface area contributed by atoms with E-state index in [1.54, 1.807) is 0 Å². The molecule has 1 N–H and O–H groups in total. The number of fused-ring (bicyclic) bond motifs is 1. The van der Waals surface area contributed by atoms with E-state index in [1.165, 1.54) is 25.7 Å². The van der Waals surface area contributed by atoms with Gasteiger partial charge in [0.15, 0.2) is 0 Å². The number of nitrogens with zero attached hydrogens (tertiary/aromatic N) is 2. The average Bonchev–Trinajstić information content (AvgIpc) is 2.86. The van der Waals surface area contributed by atoms with Crippen molar-refractivity contribution in [3.8, 4) is 11.3 Å². The predicted octanol–water partition coefficient (Wildman–Crippen LogP) is 7.74. The molecule has 2 aromatic carbocycles. The maximum Gasteiger partial charge on any atom is 0.323 e. The van der Waals surface area contributed by atoms with Gasteiger partial charge in [-0.15, -0.1) is 0 Å². The van der Waals surface area contributed by atoms with Crippen LogP contribution in [0.5, 0.6) is 0 Å². The topological polar surface area (TPSA) is 45.2 Å². The van der Waals surface area contributed by atoms with Gasteiger partial charge in [0.1, 0.15) is 5.82 Å². The minimum atomic E-state index is -0.00668. The molecule has 172 valence electrons. The van der Waals surface area contributed by atoms with Crippen molar-refractivity contribution in [2.24, 2.45) is 0 Å². The van der Waals surface area contributed by atoms with Gasteiger partial charge in [-0.2, -0.15) is 0 Å². The van der Waals surface area contributed by atoms with Gasteiger partial charge < -0.3 is 5.32 Å². The molecule has 0 aliphatic heterocycles. The second-order valence-corrected chi connectivity index (χ2v) is 9.95. The van der Waals surface area contributed by atoms with Gasteiger partial charge in [-0.1, -0.05) is 86.5 Å². The van der Waals surface area contributed by atoms with Crippen LogP contribution in [0, 0.1) is 0 Å². The summed E-state index contributed by atoms with van der Waals surface area (Å²) in [6.45, 7) is 0. The Bertz CT molecular complexity index is 1100. The zero-order valence-electron chi connectivity index (χ0n) is 19.1. The molecule has 0 saturated heterocycles. The number of anilines is 1. The lowest BCUT2D eigenvalue weighted by Crippen LogP contribution is -2.51. The van der Waals surface area contributed by atoms with Crippen LogP contribution in [0.1, 0.15) is 64.2 Å². The Morgan fingerprint density at radius 3 is 2.30 bits per heavy atom. The average molecular weight is 462 g/mol. The van der Waals surface area contributed by atoms with Gasteiger partial charge >= 0.3 is 6.03 Å². The molecule has 4 nitrogen and oxygen atoms in total. The number of pyridine rings is 1. The molecular weight excluding hydrogens is 430 g/mol. The monoisotopic (exact) mass is 461 g/mol. The van der Waals surface area contributed by atoms with Gasteiger partial charge in [-0.05, 0) is 49.3 Å². The first-order chi connectivity index (χ1) is 16.2. The van der Waals surface area contributed by atoms with Crippen LogP contribution in [-0.2, 0) is 0 Å². The molecule has 2 fully saturated rings. The molecule has 0 radical (unpaired) electrons. The molecule has 1 heterocycles. The predicted molar refractivity (Wildman–Crippen MR) is 137 cm³/mol. The number of aromatic nitrogens is 1. The van der Waals surface area contributed by atoms with Crippen LogP contribution in [0.2, 0.25) is 5.02 Å². The van der Waals surface area contributed by atoms with Gasteiger partial charge in [-0.25, -0.2) is 9.78 Å². The van der Waals surface area contributed by atoms with Gasteiger partial charge in [0.25, 0.3) is 0 Å². The van der Waals surface area contributed by atoms with Crippen molar-refractivity contribution < 1.29 is 4.79 Å². The fourth-order valence-corrected chi connectivity index (χ4v) is 5.58. The third-order valence-electron chi connectivity index (χ3n) is 7.16. The third-order valence-corrected chi connectivity index (χ3v) is 7.40. The van der Waals surface area contributed by atoms with E-state index in [4.69, 9.17) is 16.6 Å². The number of halogens is 1. The van der Waals surface area contributed by atoms with E-state index in [0.717, 1.165) is 66.4 Å². The van der Waals surface area contributed by atoms with E-state index < -0.39 is 0 Å². The Kier molecular flexibility index (Phi) is 6.82. The van der Waals surface area contributed by atoms with E-state index in [1.807, 2.05) is 41.3 Å². The molecule has 2 aliphatic rings. The molecule has 1 aromatic heterocycles. The highest BCUT2D eigenvalue weighted by Gasteiger charge is 2.31. The van der Waals surface area contributed by atoms with Crippen LogP contribution in [0.4, 0.5) is 10.6 Å². The highest BCUT2D eigenvalue weighted by atomic mass is 35.5. The van der Waals surface area contributed by atoms with Crippen LogP contribution in [0.25, 0.3) is 22.0 Å². The molecule has 0 atom stereocenters. The first-order valence-electron chi connectivity index (χ1n) is 12.4. The molecule has 2 aliphatic carbocycles. The normalized spacial score (nSPS) is 17.7. The Morgan fingerprint density at radius 1 is 0.879 bits per heavy atom. The third kappa shape index (κ3) is 5.01. The molecule has 0 unspecified atom stereocenters. The molecule has 5 heteroatoms. The van der Waals surface area contributed by atoms with Gasteiger partial charge in [-0.3, -0.25) is 4.90 Å². The summed E-state index contributed by atoms with van der Waals surface area (Å²) in [6.07, 6.45) is 11.3. The maximum absolute atomic E-state index is 13.8. The number of benzene rings is 2. The van der Waals surface area contributed by atoms with Gasteiger partial charge in [0.2, 0.25) is 0 Å². The van der Waals surface area contributed by atoms with Crippen LogP contribution in [0.3, 0.4) is 0 Å². The molecule has 3 aromatic rings. The molecule has 5 rings (SSSR count). The number of hydrogen-bond donors (Lipinski definition) is 1. The van der Waals surface area contributed by atoms with Crippen molar-refractivity contribution in [2.75, 3.05) is 4.90 Å². The van der Waals surface area contributed by atoms with Gasteiger partial charge in [0, 0.05) is 28.1 Å². The quantitative estimate of drug-likeness (QED) is 0.431. The number of urea groups is 1. The molecule has 0 spiro atoms. The molecular formula is C28H32ClN3O. The molecule has 2 saturated carbocycles. The minimum Gasteiger partial charge on any atom is -0.335 e. The SMILES string of the molecule is O=C(NC1CCCCC1)N(c1nc(-c2ccccc2)cc2ccc(Cl)cc12)C1CCCCC1. The van der Waals surface area contributed by atoms with E-state index in [2.05, 4.69) is 23.5 Å². The summed E-state index contributed by atoms with van der Waals surface area (Å²) in [4.78, 5) is 20.9. The largest absolute Gasteiger partial charge is 0.335 e. The lowest BCUT2D eigenvalue weighted by molar-refractivity contribution is 0.233. The van der Waals surface area contributed by atoms with Crippen molar-refractivity contribution in [2.45, 2.75) is 76.3 Å². The molecule has 33 heavy (non-hydrogen) atoms. The van der Waals surface area contributed by atoms with Gasteiger partial charge in [0.05, 0.1) is 5.69 Å².